The van der Waals surface area contributed by atoms with Gasteiger partial charge < -0.3 is 19.4 Å². The van der Waals surface area contributed by atoms with Crippen molar-refractivity contribution in [1.29, 1.82) is 0 Å². The smallest absolute Gasteiger partial charge is 0.124 e. The van der Waals surface area contributed by atoms with Crippen molar-refractivity contribution in [3.05, 3.63) is 84.3 Å². The summed E-state index contributed by atoms with van der Waals surface area (Å²) in [7, 11) is 1.61. The Balaban J connectivity index is 1.51. The molecule has 0 bridgehead atoms. The first kappa shape index (κ1) is 20.8. The molecular weight excluding hydrogens is 400 g/mol. The molecule has 4 heterocycles. The molecule has 0 radical (unpaired) electrons. The number of imidazole rings is 1. The van der Waals surface area contributed by atoms with Crippen molar-refractivity contribution in [2.45, 2.75) is 31.3 Å². The number of aromatic amines is 2. The monoisotopic (exact) mass is 430 g/mol. The largest absolute Gasteiger partial charge is 0.497 e. The normalized spacial score (nSPS) is 22.0. The van der Waals surface area contributed by atoms with Crippen LogP contribution in [0.2, 0.25) is 0 Å². The zero-order chi connectivity index (χ0) is 22.1. The average Bonchev–Trinajstić information content (AvgIpc) is 3.47. The molecule has 166 valence electrons. The van der Waals surface area contributed by atoms with Crippen LogP contribution >= 0.6 is 0 Å². The first-order valence-corrected chi connectivity index (χ1v) is 11.2. The van der Waals surface area contributed by atoms with E-state index in [2.05, 4.69) is 52.7 Å². The second-order valence-electron chi connectivity index (χ2n) is 8.56. The Morgan fingerprint density at radius 2 is 2.06 bits per heavy atom. The number of hydrogen-bond donors (Lipinski definition) is 3. The summed E-state index contributed by atoms with van der Waals surface area (Å²) in [5.41, 5.74) is 5.63. The zero-order valence-corrected chi connectivity index (χ0v) is 18.5. The maximum absolute atomic E-state index is 5.64. The van der Waals surface area contributed by atoms with Gasteiger partial charge in [-0.25, -0.2) is 4.98 Å². The highest BCUT2D eigenvalue weighted by Crippen LogP contribution is 2.41. The van der Waals surface area contributed by atoms with Crippen LogP contribution in [0, 0.1) is 5.92 Å². The van der Waals surface area contributed by atoms with Gasteiger partial charge in [0.15, 0.2) is 0 Å². The van der Waals surface area contributed by atoms with E-state index >= 15 is 0 Å². The predicted octanol–water partition coefficient (Wildman–Crippen LogP) is 4.98. The lowest BCUT2D eigenvalue weighted by molar-refractivity contribution is 0.0497. The molecule has 1 fully saturated rings. The number of H-pyrrole nitrogens is 2. The SMILES string of the molecule is C=C/C(=C\C(=C)OC)c1c[nH]c([C@H]2Cc3c([nH]c4ccccc34)C(C3CCOCC3)N2)n1. The summed E-state index contributed by atoms with van der Waals surface area (Å²) in [6.07, 6.45) is 8.56. The van der Waals surface area contributed by atoms with E-state index in [-0.39, 0.29) is 12.1 Å². The average molecular weight is 431 g/mol. The second-order valence-corrected chi connectivity index (χ2v) is 8.56. The Labute approximate surface area is 188 Å². The molecule has 6 nitrogen and oxygen atoms in total. The molecular formula is C26H30N4O2. The number of nitrogens with one attached hydrogen (secondary N) is 3. The number of nitrogens with zero attached hydrogens (tertiary/aromatic N) is 1. The van der Waals surface area contributed by atoms with Crippen LogP contribution in [0.15, 0.2) is 61.5 Å². The molecule has 2 atom stereocenters. The maximum atomic E-state index is 5.64. The van der Waals surface area contributed by atoms with Crippen LogP contribution < -0.4 is 5.32 Å². The van der Waals surface area contributed by atoms with E-state index in [1.807, 2.05) is 12.3 Å². The summed E-state index contributed by atoms with van der Waals surface area (Å²) in [4.78, 5) is 12.0. The van der Waals surface area contributed by atoms with Gasteiger partial charge in [-0.15, -0.1) is 0 Å². The van der Waals surface area contributed by atoms with E-state index in [0.29, 0.717) is 11.7 Å². The third kappa shape index (κ3) is 3.80. The lowest BCUT2D eigenvalue weighted by atomic mass is 9.83. The predicted molar refractivity (Wildman–Crippen MR) is 127 cm³/mol. The van der Waals surface area contributed by atoms with Gasteiger partial charge in [0.2, 0.25) is 0 Å². The summed E-state index contributed by atoms with van der Waals surface area (Å²) in [5, 5.41) is 5.22. The second kappa shape index (κ2) is 8.81. The molecule has 0 aliphatic carbocycles. The van der Waals surface area contributed by atoms with Crippen molar-refractivity contribution in [3.8, 4) is 0 Å². The van der Waals surface area contributed by atoms with E-state index in [9.17, 15) is 0 Å². The molecule has 3 N–H and O–H groups in total. The minimum absolute atomic E-state index is 0.0972. The molecule has 0 saturated carbocycles. The number of ether oxygens (including phenoxy) is 2. The summed E-state index contributed by atoms with van der Waals surface area (Å²) >= 11 is 0. The first-order valence-electron chi connectivity index (χ1n) is 11.2. The third-order valence-corrected chi connectivity index (χ3v) is 6.71. The third-order valence-electron chi connectivity index (χ3n) is 6.71. The fourth-order valence-corrected chi connectivity index (χ4v) is 5.00. The summed E-state index contributed by atoms with van der Waals surface area (Å²) in [6, 6.07) is 8.94. The molecule has 1 unspecified atom stereocenters. The maximum Gasteiger partial charge on any atom is 0.124 e. The molecule has 2 aliphatic heterocycles. The molecule has 5 rings (SSSR count). The van der Waals surface area contributed by atoms with E-state index < -0.39 is 0 Å². The van der Waals surface area contributed by atoms with Gasteiger partial charge in [-0.2, -0.15) is 0 Å². The standard InChI is InChI=1S/C26H30N4O2/c1-4-17(13-16(2)31-3)23-15-27-26(30-23)22-14-20-19-7-5-6-8-21(19)28-25(20)24(29-22)18-9-11-32-12-10-18/h4-8,13,15,18,22,24,28-29H,1-2,9-12,14H2,3H3,(H,27,30)/b17-13+/t22-,24?/m1/s1. The molecule has 1 aromatic carbocycles. The Morgan fingerprint density at radius 3 is 2.84 bits per heavy atom. The molecule has 1 saturated heterocycles. The number of aromatic nitrogens is 3. The highest BCUT2D eigenvalue weighted by molar-refractivity contribution is 5.85. The number of methoxy groups -OCH3 is 1. The van der Waals surface area contributed by atoms with Crippen LogP contribution in [0.1, 0.15) is 47.7 Å². The summed E-state index contributed by atoms with van der Waals surface area (Å²) in [6.45, 7) is 9.46. The van der Waals surface area contributed by atoms with Crippen molar-refractivity contribution in [3.63, 3.8) is 0 Å². The van der Waals surface area contributed by atoms with E-state index in [0.717, 1.165) is 49.6 Å². The van der Waals surface area contributed by atoms with Crippen molar-refractivity contribution in [2.75, 3.05) is 20.3 Å². The Morgan fingerprint density at radius 1 is 1.25 bits per heavy atom. The van der Waals surface area contributed by atoms with Crippen molar-refractivity contribution in [2.24, 2.45) is 5.92 Å². The van der Waals surface area contributed by atoms with Crippen LogP contribution in [0.5, 0.6) is 0 Å². The van der Waals surface area contributed by atoms with E-state index in [1.165, 1.54) is 22.2 Å². The minimum Gasteiger partial charge on any atom is -0.497 e. The number of para-hydroxylation sites is 1. The number of benzene rings is 1. The lowest BCUT2D eigenvalue weighted by Gasteiger charge is -2.37. The molecule has 32 heavy (non-hydrogen) atoms. The molecule has 0 spiro atoms. The van der Waals surface area contributed by atoms with Crippen LogP contribution in [0.25, 0.3) is 16.5 Å². The van der Waals surface area contributed by atoms with E-state index in [4.69, 9.17) is 14.5 Å². The number of rotatable bonds is 6. The highest BCUT2D eigenvalue weighted by Gasteiger charge is 2.36. The Kier molecular flexibility index (Phi) is 5.72. The number of fused-ring (bicyclic) bond motifs is 3. The quantitative estimate of drug-likeness (QED) is 0.381. The van der Waals surface area contributed by atoms with Crippen molar-refractivity contribution >= 4 is 16.5 Å². The fourth-order valence-electron chi connectivity index (χ4n) is 5.00. The van der Waals surface area contributed by atoms with E-state index in [1.54, 1.807) is 13.2 Å². The van der Waals surface area contributed by atoms with Gasteiger partial charge in [0.25, 0.3) is 0 Å². The van der Waals surface area contributed by atoms with Crippen molar-refractivity contribution in [1.82, 2.24) is 20.3 Å². The number of hydrogen-bond acceptors (Lipinski definition) is 4. The Bertz CT molecular complexity index is 1170. The van der Waals surface area contributed by atoms with Gasteiger partial charge in [0.1, 0.15) is 11.6 Å². The molecule has 0 amide bonds. The lowest BCUT2D eigenvalue weighted by Crippen LogP contribution is -2.39. The van der Waals surface area contributed by atoms with Crippen LogP contribution in [-0.4, -0.2) is 35.3 Å². The fraction of sp³-hybridized carbons (Fsp3) is 0.346. The van der Waals surface area contributed by atoms with Gasteiger partial charge in [-0.3, -0.25) is 5.32 Å². The number of allylic oxidation sites excluding steroid dienone is 3. The zero-order valence-electron chi connectivity index (χ0n) is 18.5. The summed E-state index contributed by atoms with van der Waals surface area (Å²) in [5.74, 6) is 2.04. The van der Waals surface area contributed by atoms with Gasteiger partial charge in [-0.05, 0) is 42.9 Å². The molecule has 6 heteroatoms. The minimum atomic E-state index is 0.0972. The van der Waals surface area contributed by atoms with Crippen LogP contribution in [0.4, 0.5) is 0 Å². The molecule has 3 aromatic rings. The summed E-state index contributed by atoms with van der Waals surface area (Å²) < 4.78 is 10.8. The van der Waals surface area contributed by atoms with Gasteiger partial charge >= 0.3 is 0 Å². The first-order chi connectivity index (χ1) is 15.7. The van der Waals surface area contributed by atoms with Crippen LogP contribution in [0.3, 0.4) is 0 Å². The highest BCUT2D eigenvalue weighted by atomic mass is 16.5. The van der Waals surface area contributed by atoms with Crippen LogP contribution in [-0.2, 0) is 15.9 Å². The van der Waals surface area contributed by atoms with Gasteiger partial charge in [-0.1, -0.05) is 37.4 Å². The molecule has 2 aromatic heterocycles. The topological polar surface area (TPSA) is 75.0 Å². The van der Waals surface area contributed by atoms with Crippen molar-refractivity contribution < 1.29 is 9.47 Å². The van der Waals surface area contributed by atoms with Gasteiger partial charge in [0.05, 0.1) is 24.9 Å². The molecule has 2 aliphatic rings. The Hall–Kier alpha value is -3.09. The van der Waals surface area contributed by atoms with Gasteiger partial charge in [0, 0.05) is 41.6 Å².